The van der Waals surface area contributed by atoms with Crippen LogP contribution in [0.1, 0.15) is 30.9 Å². The van der Waals surface area contributed by atoms with Crippen molar-refractivity contribution < 1.29 is 60.3 Å². The average molecular weight is 2190 g/mol. The molecule has 0 saturated heterocycles. The van der Waals surface area contributed by atoms with E-state index >= 15 is 0 Å². The quantitative estimate of drug-likeness (QED) is 0.113. The van der Waals surface area contributed by atoms with Crippen LogP contribution >= 0.6 is 0 Å². The smallest absolute Gasteiger partial charge is 0.0541 e. The molecule has 631 valence electrons. The van der Waals surface area contributed by atoms with Crippen molar-refractivity contribution in [1.82, 2.24) is 43.6 Å². The number of pyridine rings is 6. The van der Waals surface area contributed by atoms with Gasteiger partial charge in [-0.1, -0.05) is 178 Å². The number of rotatable bonds is 12. The van der Waals surface area contributed by atoms with Crippen LogP contribution in [-0.2, 0) is 73.9 Å². The molecule has 0 aliphatic heterocycles. The maximum absolute atomic E-state index is 4.48. The molecule has 0 unspecified atom stereocenters. The summed E-state index contributed by atoms with van der Waals surface area (Å²) in [4.78, 5) is 26.6. The van der Waals surface area contributed by atoms with Gasteiger partial charge in [0.1, 0.15) is 0 Å². The summed E-state index contributed by atoms with van der Waals surface area (Å²) >= 11 is 0. The molecule has 0 N–H and O–H groups in total. The summed E-state index contributed by atoms with van der Waals surface area (Å²) in [5.74, 6) is 0.597. The molecule has 13 aromatic carbocycles. The van der Waals surface area contributed by atoms with Crippen LogP contribution in [0.25, 0.3) is 172 Å². The minimum atomic E-state index is 0. The molecular weight excluding hydrogens is 2100 g/mol. The topological polar surface area (TPSA) is 92.1 Å². The first kappa shape index (κ1) is 90.4. The standard InChI is InChI=1S/C29H19N2.C27H23N2.C24H17N2.3C12H10N.3Ir/c1-2-11-24(12-3-1)31-28-15-5-4-13-25(28)26-20-22(16-17-29(26)31)21-9-8-10-23(19-21)27-14-6-7-18-30-27;1-19(2)18-29-26-12-4-3-10-23(26)24-17-21(13-14-27(24)29)20-8-7-9-22(16-20)25-11-5-6-15-28-25;1-26-23-11-3-2-9-20(23)21-16-18(12-13-24(21)26)17-7-6-8-19(15-17)22-10-4-5-14-25-22;3*1-10-6-5-9-12(13-10)11-7-3-2-4-8-11;;;/h1-9,11-20H;3-8,10-17,19H,18H2,1-2H3;2-7,9-16H,1H3;3*2-7,9H,1H3;;;/q6*-1;;;. The van der Waals surface area contributed by atoms with E-state index in [0.717, 1.165) is 96.7 Å². The van der Waals surface area contributed by atoms with Crippen molar-refractivity contribution in [3.05, 3.63) is 466 Å². The van der Waals surface area contributed by atoms with Gasteiger partial charge < -0.3 is 43.6 Å². The fraction of sp³-hybridized carbons (Fsp3) is 0.0690. The van der Waals surface area contributed by atoms with Crippen molar-refractivity contribution in [2.24, 2.45) is 13.0 Å². The Hall–Kier alpha value is -13.9. The van der Waals surface area contributed by atoms with Crippen LogP contribution < -0.4 is 0 Å². The zero-order chi connectivity index (χ0) is 85.2. The summed E-state index contributed by atoms with van der Waals surface area (Å²) in [7, 11) is 2.13. The second-order valence-corrected chi connectivity index (χ2v) is 30.9. The zero-order valence-corrected chi connectivity index (χ0v) is 78.8. The first-order valence-corrected chi connectivity index (χ1v) is 42.1. The molecule has 9 heterocycles. The number of hydrogen-bond acceptors (Lipinski definition) is 6. The fourth-order valence-corrected chi connectivity index (χ4v) is 15.8. The largest absolute Gasteiger partial charge is 0.344 e. The average Bonchev–Trinajstić information content (AvgIpc) is 1.59. The van der Waals surface area contributed by atoms with Crippen LogP contribution in [-0.4, -0.2) is 43.6 Å². The zero-order valence-electron chi connectivity index (χ0n) is 71.6. The Morgan fingerprint density at radius 1 is 0.250 bits per heavy atom. The number of aromatic nitrogens is 9. The number of benzene rings is 13. The van der Waals surface area contributed by atoms with Crippen molar-refractivity contribution in [2.45, 2.75) is 41.2 Å². The van der Waals surface area contributed by atoms with Crippen LogP contribution in [0.5, 0.6) is 0 Å². The molecule has 22 aromatic rings. The van der Waals surface area contributed by atoms with E-state index in [1.807, 2.05) is 240 Å². The number of fused-ring (bicyclic) bond motifs is 9. The van der Waals surface area contributed by atoms with Gasteiger partial charge in [0.2, 0.25) is 0 Å². The number of aryl methyl sites for hydroxylation is 4. The molecule has 0 spiro atoms. The molecule has 12 heteroatoms. The Morgan fingerprint density at radius 3 is 0.953 bits per heavy atom. The van der Waals surface area contributed by atoms with Crippen LogP contribution in [0.15, 0.2) is 413 Å². The third-order valence-corrected chi connectivity index (χ3v) is 21.8. The molecule has 0 aliphatic carbocycles. The summed E-state index contributed by atoms with van der Waals surface area (Å²) in [5, 5.41) is 7.72. The molecule has 22 rings (SSSR count). The Morgan fingerprint density at radius 2 is 0.555 bits per heavy atom. The van der Waals surface area contributed by atoms with Crippen molar-refractivity contribution in [3.63, 3.8) is 0 Å². The van der Waals surface area contributed by atoms with Gasteiger partial charge in [-0.3, -0.25) is 0 Å². The van der Waals surface area contributed by atoms with Gasteiger partial charge in [0.05, 0.1) is 11.0 Å². The SMILES string of the molecule is CC(C)Cn1c2ccccc2c2cc(-c3cc[c-]c(-c4ccccn4)c3)ccc21.Cc1cccc(-c2[c-]cccc2)n1.Cc1cccc(-c2[c-]cccc2)n1.Cc1cccc(-c2[c-]cccc2)n1.Cn1c2ccccc2c2cc(-c3cc[c-]c(-c4ccccn4)c3)ccc21.[Ir].[Ir].[Ir].[c-]1ccc(-c2ccc3c(c2)c2ccccc2n3-c2ccccc2)cc1-c1ccccn1. The summed E-state index contributed by atoms with van der Waals surface area (Å²) in [6.07, 6.45) is 5.46. The van der Waals surface area contributed by atoms with E-state index in [2.05, 4.69) is 295 Å². The maximum atomic E-state index is 4.48. The molecule has 9 aromatic heterocycles. The van der Waals surface area contributed by atoms with Crippen molar-refractivity contribution in [3.8, 4) is 107 Å². The van der Waals surface area contributed by atoms with E-state index in [9.17, 15) is 0 Å². The first-order chi connectivity index (χ1) is 61.5. The Kier molecular flexibility index (Phi) is 30.6. The molecule has 0 saturated carbocycles. The van der Waals surface area contributed by atoms with Crippen molar-refractivity contribution >= 4 is 65.4 Å². The van der Waals surface area contributed by atoms with E-state index in [1.54, 1.807) is 0 Å². The van der Waals surface area contributed by atoms with Gasteiger partial charge in [-0.25, -0.2) is 0 Å². The summed E-state index contributed by atoms with van der Waals surface area (Å²) in [5.41, 5.74) is 31.0. The molecule has 0 atom stereocenters. The van der Waals surface area contributed by atoms with E-state index in [-0.39, 0.29) is 60.3 Å². The van der Waals surface area contributed by atoms with Crippen LogP contribution in [0.4, 0.5) is 0 Å². The van der Waals surface area contributed by atoms with Gasteiger partial charge in [0.25, 0.3) is 0 Å². The summed E-state index contributed by atoms with van der Waals surface area (Å²) in [6.45, 7) is 11.5. The molecule has 3 radical (unpaired) electrons. The normalized spacial score (nSPS) is 10.6. The first-order valence-electron chi connectivity index (χ1n) is 42.1. The van der Waals surface area contributed by atoms with Crippen molar-refractivity contribution in [1.29, 1.82) is 0 Å². The number of nitrogens with zero attached hydrogens (tertiary/aromatic N) is 9. The predicted octanol–water partition coefficient (Wildman–Crippen LogP) is 28.7. The maximum Gasteiger partial charge on any atom is 0.0541 e. The minimum absolute atomic E-state index is 0. The fourth-order valence-electron chi connectivity index (χ4n) is 15.8. The van der Waals surface area contributed by atoms with Crippen molar-refractivity contribution in [2.75, 3.05) is 0 Å². The van der Waals surface area contributed by atoms with Gasteiger partial charge in [-0.05, 0) is 181 Å². The second-order valence-electron chi connectivity index (χ2n) is 30.9. The van der Waals surface area contributed by atoms with Gasteiger partial charge in [0.15, 0.2) is 0 Å². The monoisotopic (exact) mass is 2190 g/mol. The van der Waals surface area contributed by atoms with Crippen LogP contribution in [0.3, 0.4) is 0 Å². The number of hydrogen-bond donors (Lipinski definition) is 0. The predicted molar refractivity (Wildman–Crippen MR) is 518 cm³/mol. The Labute approximate surface area is 789 Å². The molecule has 0 fully saturated rings. The third-order valence-electron chi connectivity index (χ3n) is 21.8. The van der Waals surface area contributed by atoms with E-state index in [0.29, 0.717) is 5.92 Å². The van der Waals surface area contributed by atoms with Crippen LogP contribution in [0, 0.1) is 63.1 Å². The molecular formula is C116H89Ir3N9-6. The summed E-state index contributed by atoms with van der Waals surface area (Å²) < 4.78 is 7.05. The molecule has 9 nitrogen and oxygen atoms in total. The molecule has 0 amide bonds. The third kappa shape index (κ3) is 21.4. The van der Waals surface area contributed by atoms with Gasteiger partial charge in [-0.2, -0.15) is 0 Å². The Balaban J connectivity index is 0.000000128. The second kappa shape index (κ2) is 43.3. The van der Waals surface area contributed by atoms with Gasteiger partial charge >= 0.3 is 0 Å². The van der Waals surface area contributed by atoms with E-state index in [1.165, 1.54) is 98.9 Å². The minimum Gasteiger partial charge on any atom is -0.344 e. The molecule has 128 heavy (non-hydrogen) atoms. The molecule has 0 aliphatic rings. The van der Waals surface area contributed by atoms with Crippen LogP contribution in [0.2, 0.25) is 0 Å². The Bertz CT molecular complexity index is 7200. The number of para-hydroxylation sites is 4. The van der Waals surface area contributed by atoms with E-state index in [4.69, 9.17) is 0 Å². The summed E-state index contributed by atoms with van der Waals surface area (Å²) in [6, 6.07) is 154. The van der Waals surface area contributed by atoms with Gasteiger partial charge in [0, 0.05) is 170 Å². The molecule has 0 bridgehead atoms. The van der Waals surface area contributed by atoms with E-state index < -0.39 is 0 Å². The van der Waals surface area contributed by atoms with Gasteiger partial charge in [-0.15, -0.1) is 214 Å².